The number of imidazole rings is 1. The summed E-state index contributed by atoms with van der Waals surface area (Å²) in [7, 11) is 2.13. The van der Waals surface area contributed by atoms with Crippen LogP contribution in [0.3, 0.4) is 0 Å². The molecule has 0 aliphatic carbocycles. The molecule has 1 aromatic heterocycles. The van der Waals surface area contributed by atoms with Crippen LogP contribution in [-0.2, 0) is 7.05 Å². The van der Waals surface area contributed by atoms with Crippen molar-refractivity contribution in [2.24, 2.45) is 7.05 Å². The van der Waals surface area contributed by atoms with E-state index in [1.165, 1.54) is 50.3 Å². The van der Waals surface area contributed by atoms with Crippen molar-refractivity contribution in [2.75, 3.05) is 0 Å². The third kappa shape index (κ3) is 4.30. The molecular weight excluding hydrogens is 462 g/mol. The molecule has 2 heterocycles. The van der Waals surface area contributed by atoms with E-state index < -0.39 is 0 Å². The summed E-state index contributed by atoms with van der Waals surface area (Å²) in [6, 6.07) is 22.1. The lowest BCUT2D eigenvalue weighted by Gasteiger charge is -2.21. The molecule has 0 atom stereocenters. The highest BCUT2D eigenvalue weighted by molar-refractivity contribution is 5.88. The van der Waals surface area contributed by atoms with E-state index in [0.29, 0.717) is 11.8 Å². The van der Waals surface area contributed by atoms with Crippen LogP contribution in [0.1, 0.15) is 75.6 Å². The quantitative estimate of drug-likeness (QED) is 0.193. The van der Waals surface area contributed by atoms with E-state index in [4.69, 9.17) is 0 Å². The highest BCUT2D eigenvalue weighted by Crippen LogP contribution is 2.38. The van der Waals surface area contributed by atoms with Gasteiger partial charge in [-0.05, 0) is 53.1 Å². The summed E-state index contributed by atoms with van der Waals surface area (Å²) in [5, 5.41) is 0. The van der Waals surface area contributed by atoms with Crippen molar-refractivity contribution in [2.45, 2.75) is 60.3 Å². The van der Waals surface area contributed by atoms with Crippen molar-refractivity contribution in [3.8, 4) is 16.8 Å². The Labute approximate surface area is 227 Å². The molecule has 3 heteroatoms. The number of fused-ring (bicyclic) bond motifs is 1. The highest BCUT2D eigenvalue weighted by Gasteiger charge is 2.24. The van der Waals surface area contributed by atoms with Gasteiger partial charge < -0.3 is 4.58 Å². The van der Waals surface area contributed by atoms with E-state index in [-0.39, 0.29) is 0 Å². The van der Waals surface area contributed by atoms with Crippen LogP contribution < -0.4 is 10.2 Å². The molecule has 1 aliphatic heterocycles. The van der Waals surface area contributed by atoms with E-state index in [0.717, 1.165) is 11.2 Å². The molecule has 0 saturated heterocycles. The lowest BCUT2D eigenvalue weighted by molar-refractivity contribution is 0.696. The van der Waals surface area contributed by atoms with Crippen LogP contribution in [0.4, 0.5) is 5.69 Å². The number of hydrogen-bond acceptors (Lipinski definition) is 0. The van der Waals surface area contributed by atoms with Crippen LogP contribution in [0.2, 0.25) is 0 Å². The molecule has 0 fully saturated rings. The highest BCUT2D eigenvalue weighted by atomic mass is 15.2. The topological polar surface area (TPSA) is 12.9 Å². The van der Waals surface area contributed by atoms with Crippen LogP contribution in [0.15, 0.2) is 84.7 Å². The molecular formula is C35H39N3. The van der Waals surface area contributed by atoms with Crippen LogP contribution in [0, 0.1) is 13.1 Å². The third-order valence-electron chi connectivity index (χ3n) is 7.71. The molecule has 0 saturated carbocycles. The molecule has 0 radical (unpaired) electrons. The minimum absolute atomic E-state index is 0.361. The Kier molecular flexibility index (Phi) is 6.88. The Balaban J connectivity index is 1.90. The monoisotopic (exact) mass is 501 g/mol. The number of rotatable bonds is 5. The molecule has 0 bridgehead atoms. The molecule has 3 nitrogen and oxygen atoms in total. The minimum Gasteiger partial charge on any atom is -0.303 e. The Hall–Kier alpha value is -3.85. The van der Waals surface area contributed by atoms with Gasteiger partial charge in [-0.2, -0.15) is 0 Å². The van der Waals surface area contributed by atoms with Gasteiger partial charge in [0.05, 0.1) is 19.4 Å². The standard InChI is InChI=1S/C35H39N3/c1-9-25(6)32-22-38(33-26(7)14-13-17-29(32)33)35-36(8)18-19-37(35)34-30(23(2)3)20-28(21-31(34)24(4)5)27-15-11-10-12-16-27/h9-21,23-24H,1-8H3. The maximum Gasteiger partial charge on any atom is 0.309 e. The van der Waals surface area contributed by atoms with E-state index >= 15 is 0 Å². The molecule has 0 unspecified atom stereocenters. The first kappa shape index (κ1) is 25.8. The summed E-state index contributed by atoms with van der Waals surface area (Å²) in [4.78, 5) is 0. The fourth-order valence-electron chi connectivity index (χ4n) is 5.53. The number of aryl methyl sites for hydroxylation is 2. The van der Waals surface area contributed by atoms with Crippen LogP contribution in [0.25, 0.3) is 22.4 Å². The first-order valence-electron chi connectivity index (χ1n) is 13.7. The Morgan fingerprint density at radius 3 is 2.13 bits per heavy atom. The van der Waals surface area contributed by atoms with Gasteiger partial charge in [-0.15, -0.1) is 11.6 Å². The molecule has 0 spiro atoms. The molecule has 3 aromatic carbocycles. The summed E-state index contributed by atoms with van der Waals surface area (Å²) in [5.41, 5.74) is 13.7. The van der Waals surface area contributed by atoms with E-state index in [2.05, 4.69) is 155 Å². The van der Waals surface area contributed by atoms with Gasteiger partial charge in [-0.25, -0.2) is 4.57 Å². The Morgan fingerprint density at radius 2 is 1.53 bits per heavy atom. The van der Waals surface area contributed by atoms with Crippen LogP contribution in [0.5, 0.6) is 0 Å². The number of para-hydroxylation sites is 1. The van der Waals surface area contributed by atoms with Crippen molar-refractivity contribution in [1.82, 2.24) is 13.7 Å². The number of aromatic nitrogens is 2. The predicted molar refractivity (Wildman–Crippen MR) is 161 cm³/mol. The Morgan fingerprint density at radius 1 is 0.868 bits per heavy atom. The van der Waals surface area contributed by atoms with Crippen molar-refractivity contribution >= 4 is 11.3 Å². The van der Waals surface area contributed by atoms with E-state index in [1.807, 2.05) is 0 Å². The van der Waals surface area contributed by atoms with Gasteiger partial charge in [0, 0.05) is 11.9 Å². The number of benzene rings is 3. The SMILES string of the molecule is CC=C(C)C1=[C-][N+](=c2n(C)ccn2-c2c(C(C)C)cc(-c3ccccc3)cc2C(C)C)c2c(C)cccc21. The van der Waals surface area contributed by atoms with Crippen molar-refractivity contribution in [3.63, 3.8) is 0 Å². The zero-order valence-corrected chi connectivity index (χ0v) is 24.0. The van der Waals surface area contributed by atoms with Gasteiger partial charge in [0.1, 0.15) is 5.69 Å². The predicted octanol–water partition coefficient (Wildman–Crippen LogP) is 8.27. The van der Waals surface area contributed by atoms with Gasteiger partial charge in [0.15, 0.2) is 0 Å². The zero-order valence-electron chi connectivity index (χ0n) is 24.0. The second-order valence-electron chi connectivity index (χ2n) is 11.0. The second-order valence-corrected chi connectivity index (χ2v) is 11.0. The van der Waals surface area contributed by atoms with Gasteiger partial charge >= 0.3 is 5.62 Å². The summed E-state index contributed by atoms with van der Waals surface area (Å²) < 4.78 is 6.87. The van der Waals surface area contributed by atoms with Gasteiger partial charge in [-0.3, -0.25) is 4.57 Å². The summed E-state index contributed by atoms with van der Waals surface area (Å²) in [6.07, 6.45) is 10.3. The average molecular weight is 502 g/mol. The number of hydrogen-bond donors (Lipinski definition) is 0. The zero-order chi connectivity index (χ0) is 27.1. The van der Waals surface area contributed by atoms with E-state index in [9.17, 15) is 0 Å². The van der Waals surface area contributed by atoms with Crippen LogP contribution in [-0.4, -0.2) is 9.13 Å². The molecule has 0 N–H and O–H groups in total. The third-order valence-corrected chi connectivity index (χ3v) is 7.71. The molecule has 5 rings (SSSR count). The fraction of sp³-hybridized carbons (Fsp3) is 0.286. The molecule has 38 heavy (non-hydrogen) atoms. The number of nitrogens with zero attached hydrogens (tertiary/aromatic N) is 3. The second kappa shape index (κ2) is 10.1. The summed E-state index contributed by atoms with van der Waals surface area (Å²) >= 11 is 0. The summed E-state index contributed by atoms with van der Waals surface area (Å²) in [5.74, 6) is 0.722. The molecule has 194 valence electrons. The van der Waals surface area contributed by atoms with Gasteiger partial charge in [0.2, 0.25) is 0 Å². The normalized spacial score (nSPS) is 14.9. The van der Waals surface area contributed by atoms with Gasteiger partial charge in [0.25, 0.3) is 0 Å². The largest absolute Gasteiger partial charge is 0.309 e. The average Bonchev–Trinajstić information content (AvgIpc) is 3.48. The smallest absolute Gasteiger partial charge is 0.303 e. The van der Waals surface area contributed by atoms with E-state index in [1.54, 1.807) is 0 Å². The molecule has 4 aromatic rings. The fourth-order valence-corrected chi connectivity index (χ4v) is 5.53. The van der Waals surface area contributed by atoms with Crippen molar-refractivity contribution < 1.29 is 0 Å². The molecule has 1 aliphatic rings. The first-order chi connectivity index (χ1) is 18.2. The Bertz CT molecular complexity index is 1610. The lowest BCUT2D eigenvalue weighted by atomic mass is 9.88. The van der Waals surface area contributed by atoms with Crippen LogP contribution >= 0.6 is 0 Å². The first-order valence-corrected chi connectivity index (χ1v) is 13.7. The maximum atomic E-state index is 3.78. The van der Waals surface area contributed by atoms with Gasteiger partial charge in [-0.1, -0.05) is 107 Å². The van der Waals surface area contributed by atoms with Crippen molar-refractivity contribution in [3.05, 3.63) is 119 Å². The lowest BCUT2D eigenvalue weighted by Crippen LogP contribution is -2.35. The minimum atomic E-state index is 0.361. The maximum absolute atomic E-state index is 3.78. The summed E-state index contributed by atoms with van der Waals surface area (Å²) in [6.45, 7) is 15.7. The molecule has 0 amide bonds. The number of allylic oxidation sites excluding steroid dienone is 3. The van der Waals surface area contributed by atoms with Crippen molar-refractivity contribution in [1.29, 1.82) is 0 Å².